The Hall–Kier alpha value is -2.55. The number of hydrogen-bond donors (Lipinski definition) is 1. The maximum atomic E-state index is 13.5. The molecule has 0 bridgehead atoms. The van der Waals surface area contributed by atoms with Gasteiger partial charge in [-0.2, -0.15) is 0 Å². The molecule has 1 N–H and O–H groups in total. The number of nitrogens with one attached hydrogen (secondary N) is 1. The van der Waals surface area contributed by atoms with E-state index in [2.05, 4.69) is 86.8 Å². The average Bonchev–Trinajstić information content (AvgIpc) is 3.38. The fourth-order valence-electron chi connectivity index (χ4n) is 8.91. The summed E-state index contributed by atoms with van der Waals surface area (Å²) in [4.78, 5) is 40.0. The van der Waals surface area contributed by atoms with Crippen molar-refractivity contribution in [1.29, 1.82) is 0 Å². The smallest absolute Gasteiger partial charge is 0.306 e. The molecule has 0 aliphatic rings. The molecule has 3 atom stereocenters. The minimum atomic E-state index is -4.70. The first-order valence-electron chi connectivity index (χ1n) is 31.7. The largest absolute Gasteiger partial charge is 0.756 e. The highest BCUT2D eigenvalue weighted by molar-refractivity contribution is 7.45. The first kappa shape index (κ1) is 73.5. The van der Waals surface area contributed by atoms with Crippen LogP contribution in [0.3, 0.4) is 0 Å². The topological polar surface area (TPSA) is 114 Å². The fourth-order valence-corrected chi connectivity index (χ4v) is 9.63. The second-order valence-electron chi connectivity index (χ2n) is 22.6. The summed E-state index contributed by atoms with van der Waals surface area (Å²) >= 11 is 0. The van der Waals surface area contributed by atoms with Crippen LogP contribution in [0.5, 0.6) is 0 Å². The predicted molar refractivity (Wildman–Crippen MR) is 325 cm³/mol. The highest BCUT2D eigenvalue weighted by Crippen LogP contribution is 2.38. The first-order chi connectivity index (χ1) is 36.9. The number of nitrogens with zero attached hydrogens (tertiary/aromatic N) is 1. The van der Waals surface area contributed by atoms with Gasteiger partial charge in [0.15, 0.2) is 0 Å². The molecule has 0 aromatic carbocycles. The molecule has 0 spiro atoms. The van der Waals surface area contributed by atoms with Crippen molar-refractivity contribution in [2.45, 2.75) is 296 Å². The normalized spacial score (nSPS) is 14.1. The molecule has 10 heteroatoms. The Morgan fingerprint density at radius 3 is 1.22 bits per heavy atom. The van der Waals surface area contributed by atoms with Gasteiger partial charge >= 0.3 is 5.97 Å². The Bertz CT molecular complexity index is 1530. The van der Waals surface area contributed by atoms with Crippen molar-refractivity contribution >= 4 is 19.7 Å². The number of ether oxygens (including phenoxy) is 1. The van der Waals surface area contributed by atoms with Gasteiger partial charge in [0.05, 0.1) is 33.8 Å². The molecule has 0 radical (unpaired) electrons. The van der Waals surface area contributed by atoms with Crippen LogP contribution in [0.2, 0.25) is 0 Å². The molecule has 76 heavy (non-hydrogen) atoms. The Kier molecular flexibility index (Phi) is 53.9. The standard InChI is InChI=1S/C66H121N2O7P/c1-7-10-13-16-19-22-25-28-30-32-33-34-35-37-39-41-44-47-50-53-56-59-66(70)75-64(57-54-51-48-45-42-27-24-21-18-15-12-9-3)63(62-74-76(71,72)73-61-60-68(4,5)6)67-65(69)58-55-52-49-46-43-40-38-36-31-29-26-23-20-17-14-11-8-2/h19-20,22-23,28-31,33-34,54,57,63-64H,7-18,21,24-27,32,35-53,55-56,58-62H2,1-6H3,(H-,67,69,71,72)/b22-19-,23-20-,30-28-,31-29-,34-33-,57-54+. The quantitative estimate of drug-likeness (QED) is 0.0212. The molecule has 3 unspecified atom stereocenters. The van der Waals surface area contributed by atoms with Crippen LogP contribution in [-0.4, -0.2) is 69.4 Å². The van der Waals surface area contributed by atoms with Crippen LogP contribution in [0.4, 0.5) is 0 Å². The number of phosphoric acid groups is 1. The predicted octanol–water partition coefficient (Wildman–Crippen LogP) is 19.0. The number of rotatable bonds is 57. The van der Waals surface area contributed by atoms with Gasteiger partial charge < -0.3 is 28.5 Å². The fraction of sp³-hybridized carbons (Fsp3) is 0.788. The molecule has 9 nitrogen and oxygen atoms in total. The van der Waals surface area contributed by atoms with Crippen LogP contribution in [0, 0.1) is 0 Å². The van der Waals surface area contributed by atoms with Gasteiger partial charge in [-0.1, -0.05) is 242 Å². The van der Waals surface area contributed by atoms with Gasteiger partial charge in [0.1, 0.15) is 19.3 Å². The molecule has 442 valence electrons. The SMILES string of the molecule is CCCCC/C=C\C/C=C\C/C=C\CCCCCCCCCCC(=O)OC(/C=C/CCCCCCCCCCCC)C(COP(=O)([O-])OCC[N+](C)(C)C)NC(=O)CCCCCCCCC/C=C\C/C=C\CCCCC. The van der Waals surface area contributed by atoms with Gasteiger partial charge in [-0.15, -0.1) is 0 Å². The number of quaternary nitrogens is 1. The summed E-state index contributed by atoms with van der Waals surface area (Å²) in [5.41, 5.74) is 0. The van der Waals surface area contributed by atoms with Crippen molar-refractivity contribution in [2.75, 3.05) is 40.9 Å². The highest BCUT2D eigenvalue weighted by Gasteiger charge is 2.27. The number of phosphoric ester groups is 1. The summed E-state index contributed by atoms with van der Waals surface area (Å²) in [5.74, 6) is -0.555. The molecule has 0 saturated carbocycles. The maximum Gasteiger partial charge on any atom is 0.306 e. The van der Waals surface area contributed by atoms with Gasteiger partial charge in [0.2, 0.25) is 5.91 Å². The molecular weight excluding hydrogens is 964 g/mol. The van der Waals surface area contributed by atoms with E-state index >= 15 is 0 Å². The lowest BCUT2D eigenvalue weighted by molar-refractivity contribution is -0.870. The monoisotopic (exact) mass is 1080 g/mol. The van der Waals surface area contributed by atoms with E-state index in [1.54, 1.807) is 0 Å². The molecule has 0 heterocycles. The molecule has 0 aromatic heterocycles. The summed E-state index contributed by atoms with van der Waals surface area (Å²) < 4.78 is 30.3. The van der Waals surface area contributed by atoms with Gasteiger partial charge in [-0.25, -0.2) is 0 Å². The minimum Gasteiger partial charge on any atom is -0.756 e. The molecular formula is C66H121N2O7P. The van der Waals surface area contributed by atoms with E-state index in [9.17, 15) is 19.0 Å². The van der Waals surface area contributed by atoms with E-state index in [4.69, 9.17) is 13.8 Å². The van der Waals surface area contributed by atoms with Gasteiger partial charge in [-0.05, 0) is 102 Å². The van der Waals surface area contributed by atoms with E-state index in [1.807, 2.05) is 33.3 Å². The third-order valence-electron chi connectivity index (χ3n) is 13.9. The Morgan fingerprint density at radius 1 is 0.461 bits per heavy atom. The summed E-state index contributed by atoms with van der Waals surface area (Å²) in [6.45, 7) is 6.79. The molecule has 0 saturated heterocycles. The third kappa shape index (κ3) is 56.2. The third-order valence-corrected chi connectivity index (χ3v) is 14.8. The van der Waals surface area contributed by atoms with Crippen LogP contribution in [0.15, 0.2) is 72.9 Å². The first-order valence-corrected chi connectivity index (χ1v) is 33.2. The van der Waals surface area contributed by atoms with E-state index in [0.717, 1.165) is 103 Å². The number of hydrogen-bond acceptors (Lipinski definition) is 7. The number of carbonyl (C=O) groups is 2. The second-order valence-corrected chi connectivity index (χ2v) is 24.0. The molecule has 0 rings (SSSR count). The Morgan fingerprint density at radius 2 is 0.803 bits per heavy atom. The van der Waals surface area contributed by atoms with E-state index in [1.165, 1.54) is 148 Å². The summed E-state index contributed by atoms with van der Waals surface area (Å²) in [7, 11) is 1.17. The van der Waals surface area contributed by atoms with Crippen molar-refractivity contribution in [1.82, 2.24) is 5.32 Å². The van der Waals surface area contributed by atoms with Crippen LogP contribution >= 0.6 is 7.82 Å². The van der Waals surface area contributed by atoms with Crippen LogP contribution < -0.4 is 10.2 Å². The number of allylic oxidation sites excluding steroid dienone is 11. The molecule has 0 fully saturated rings. The highest BCUT2D eigenvalue weighted by atomic mass is 31.2. The van der Waals surface area contributed by atoms with Crippen LogP contribution in [-0.2, 0) is 27.9 Å². The van der Waals surface area contributed by atoms with E-state index in [0.29, 0.717) is 17.4 Å². The van der Waals surface area contributed by atoms with Crippen molar-refractivity contribution < 1.29 is 37.3 Å². The van der Waals surface area contributed by atoms with Crippen molar-refractivity contribution in [3.63, 3.8) is 0 Å². The number of likely N-dealkylation sites (N-methyl/N-ethyl adjacent to an activating group) is 1. The molecule has 0 aromatic rings. The number of carbonyl (C=O) groups excluding carboxylic acids is 2. The Labute approximate surface area is 470 Å². The Balaban J connectivity index is 5.25. The van der Waals surface area contributed by atoms with Gasteiger partial charge in [0.25, 0.3) is 7.82 Å². The number of amides is 1. The summed E-state index contributed by atoms with van der Waals surface area (Å²) in [5, 5.41) is 3.03. The lowest BCUT2D eigenvalue weighted by Gasteiger charge is -2.30. The molecule has 0 aliphatic carbocycles. The lowest BCUT2D eigenvalue weighted by Crippen LogP contribution is -2.47. The number of unbranched alkanes of at least 4 members (excludes halogenated alkanes) is 31. The minimum absolute atomic E-state index is 0.0273. The van der Waals surface area contributed by atoms with Crippen molar-refractivity contribution in [3.05, 3.63) is 72.9 Å². The van der Waals surface area contributed by atoms with E-state index < -0.39 is 26.6 Å². The zero-order chi connectivity index (χ0) is 55.7. The second kappa shape index (κ2) is 55.8. The summed E-state index contributed by atoms with van der Waals surface area (Å²) in [6.07, 6.45) is 71.4. The van der Waals surface area contributed by atoms with E-state index in [-0.39, 0.29) is 24.9 Å². The van der Waals surface area contributed by atoms with Gasteiger partial charge in [0, 0.05) is 12.8 Å². The zero-order valence-corrected chi connectivity index (χ0v) is 51.3. The van der Waals surface area contributed by atoms with Crippen molar-refractivity contribution in [3.8, 4) is 0 Å². The summed E-state index contributed by atoms with van der Waals surface area (Å²) in [6, 6.07) is -0.898. The zero-order valence-electron chi connectivity index (χ0n) is 50.4. The van der Waals surface area contributed by atoms with Crippen LogP contribution in [0.25, 0.3) is 0 Å². The average molecular weight is 1090 g/mol. The molecule has 0 aliphatic heterocycles. The lowest BCUT2D eigenvalue weighted by atomic mass is 10.0. The van der Waals surface area contributed by atoms with Gasteiger partial charge in [-0.3, -0.25) is 14.2 Å². The van der Waals surface area contributed by atoms with Crippen LogP contribution in [0.1, 0.15) is 284 Å². The number of esters is 1. The molecule has 1 amide bonds. The maximum absolute atomic E-state index is 13.5. The van der Waals surface area contributed by atoms with Crippen molar-refractivity contribution in [2.24, 2.45) is 0 Å².